The molecule has 0 fully saturated rings. The first kappa shape index (κ1) is 16.6. The van der Waals surface area contributed by atoms with Gasteiger partial charge in [0.25, 0.3) is 5.69 Å². The summed E-state index contributed by atoms with van der Waals surface area (Å²) in [5.41, 5.74) is 4.59. The van der Waals surface area contributed by atoms with Crippen molar-refractivity contribution in [3.63, 3.8) is 0 Å². The number of nitrogens with two attached hydrogens (primary N) is 1. The van der Waals surface area contributed by atoms with Crippen molar-refractivity contribution in [3.8, 4) is 0 Å². The van der Waals surface area contributed by atoms with E-state index in [9.17, 15) is 24.8 Å². The summed E-state index contributed by atoms with van der Waals surface area (Å²) < 4.78 is 0. The number of rotatable bonds is 7. The maximum atomic E-state index is 11.3. The monoisotopic (exact) mass is 295 g/mol. The number of nitrogens with zero attached hydrogens (tertiary/aromatic N) is 2. The van der Waals surface area contributed by atoms with E-state index in [4.69, 9.17) is 5.73 Å². The highest BCUT2D eigenvalue weighted by molar-refractivity contribution is 5.94. The molecule has 114 valence electrons. The van der Waals surface area contributed by atoms with Crippen LogP contribution < -0.4 is 5.73 Å². The van der Waals surface area contributed by atoms with Crippen LogP contribution in [0.1, 0.15) is 29.8 Å². The second-order valence-corrected chi connectivity index (χ2v) is 4.84. The SMILES string of the molecule is CC(C)N(CC(N)=O)Cc1cccc([N+](=O)[O-])c1C(=O)O. The van der Waals surface area contributed by atoms with Crippen LogP contribution >= 0.6 is 0 Å². The third kappa shape index (κ3) is 4.25. The number of primary amides is 1. The second-order valence-electron chi connectivity index (χ2n) is 4.84. The van der Waals surface area contributed by atoms with Gasteiger partial charge in [0.05, 0.1) is 11.5 Å². The zero-order valence-electron chi connectivity index (χ0n) is 11.8. The fourth-order valence-corrected chi connectivity index (χ4v) is 1.96. The third-order valence-corrected chi connectivity index (χ3v) is 3.00. The van der Waals surface area contributed by atoms with Crippen LogP contribution in [0.15, 0.2) is 18.2 Å². The number of nitro benzene ring substituents is 1. The Bertz CT molecular complexity index is 571. The molecule has 0 aliphatic heterocycles. The van der Waals surface area contributed by atoms with E-state index < -0.39 is 22.5 Å². The number of hydrogen-bond donors (Lipinski definition) is 2. The van der Waals surface area contributed by atoms with E-state index in [1.165, 1.54) is 12.1 Å². The number of benzene rings is 1. The highest BCUT2D eigenvalue weighted by atomic mass is 16.6. The first-order chi connectivity index (χ1) is 9.73. The lowest BCUT2D eigenvalue weighted by molar-refractivity contribution is -0.385. The molecule has 0 saturated carbocycles. The lowest BCUT2D eigenvalue weighted by Gasteiger charge is -2.25. The van der Waals surface area contributed by atoms with E-state index in [0.29, 0.717) is 0 Å². The minimum atomic E-state index is -1.37. The van der Waals surface area contributed by atoms with Crippen molar-refractivity contribution in [2.75, 3.05) is 6.54 Å². The summed E-state index contributed by atoms with van der Waals surface area (Å²) in [6.45, 7) is 3.67. The van der Waals surface area contributed by atoms with E-state index >= 15 is 0 Å². The maximum absolute atomic E-state index is 11.3. The molecule has 8 heteroatoms. The van der Waals surface area contributed by atoms with Crippen LogP contribution in [-0.4, -0.2) is 39.4 Å². The molecule has 1 aromatic carbocycles. The summed E-state index contributed by atoms with van der Waals surface area (Å²) in [5, 5.41) is 20.1. The molecule has 0 saturated heterocycles. The van der Waals surface area contributed by atoms with Gasteiger partial charge in [0, 0.05) is 18.7 Å². The molecule has 0 aromatic heterocycles. The molecule has 3 N–H and O–H groups in total. The van der Waals surface area contributed by atoms with Crippen LogP contribution in [0, 0.1) is 10.1 Å². The molecule has 0 unspecified atom stereocenters. The zero-order chi connectivity index (χ0) is 16.2. The summed E-state index contributed by atoms with van der Waals surface area (Å²) in [6, 6.07) is 3.98. The van der Waals surface area contributed by atoms with Crippen molar-refractivity contribution < 1.29 is 19.6 Å². The zero-order valence-corrected chi connectivity index (χ0v) is 11.8. The quantitative estimate of drug-likeness (QED) is 0.570. The Labute approximate surface area is 121 Å². The molecule has 1 aromatic rings. The van der Waals surface area contributed by atoms with Crippen LogP contribution in [0.5, 0.6) is 0 Å². The van der Waals surface area contributed by atoms with Gasteiger partial charge in [-0.25, -0.2) is 4.79 Å². The van der Waals surface area contributed by atoms with Crippen molar-refractivity contribution in [3.05, 3.63) is 39.4 Å². The van der Waals surface area contributed by atoms with Gasteiger partial charge in [-0.1, -0.05) is 12.1 Å². The third-order valence-electron chi connectivity index (χ3n) is 3.00. The van der Waals surface area contributed by atoms with Gasteiger partial charge in [-0.15, -0.1) is 0 Å². The van der Waals surface area contributed by atoms with Gasteiger partial charge < -0.3 is 10.8 Å². The van der Waals surface area contributed by atoms with Crippen molar-refractivity contribution in [2.45, 2.75) is 26.4 Å². The Morgan fingerprint density at radius 3 is 2.48 bits per heavy atom. The van der Waals surface area contributed by atoms with Gasteiger partial charge in [0.1, 0.15) is 5.56 Å². The van der Waals surface area contributed by atoms with Crippen LogP contribution in [0.4, 0.5) is 5.69 Å². The Morgan fingerprint density at radius 1 is 1.43 bits per heavy atom. The fraction of sp³-hybridized carbons (Fsp3) is 0.385. The van der Waals surface area contributed by atoms with Gasteiger partial charge >= 0.3 is 5.97 Å². The van der Waals surface area contributed by atoms with Crippen LogP contribution in [0.2, 0.25) is 0 Å². The van der Waals surface area contributed by atoms with Crippen molar-refractivity contribution in [1.29, 1.82) is 0 Å². The molecule has 0 radical (unpaired) electrons. The van der Waals surface area contributed by atoms with Gasteiger partial charge in [0.2, 0.25) is 5.91 Å². The first-order valence-corrected chi connectivity index (χ1v) is 6.26. The molecule has 0 aliphatic carbocycles. The molecule has 8 nitrogen and oxygen atoms in total. The minimum Gasteiger partial charge on any atom is -0.477 e. The van der Waals surface area contributed by atoms with E-state index in [0.717, 1.165) is 6.07 Å². The van der Waals surface area contributed by atoms with Gasteiger partial charge in [0.15, 0.2) is 0 Å². The highest BCUT2D eigenvalue weighted by Crippen LogP contribution is 2.24. The van der Waals surface area contributed by atoms with Crippen molar-refractivity contribution in [2.24, 2.45) is 5.73 Å². The summed E-state index contributed by atoms with van der Waals surface area (Å²) in [4.78, 5) is 34.2. The molecular weight excluding hydrogens is 278 g/mol. The van der Waals surface area contributed by atoms with Gasteiger partial charge in [-0.3, -0.25) is 19.8 Å². The predicted molar refractivity (Wildman–Crippen MR) is 74.8 cm³/mol. The molecule has 0 aliphatic rings. The Kier molecular flexibility index (Phi) is 5.37. The molecule has 1 amide bonds. The number of carbonyl (C=O) groups excluding carboxylic acids is 1. The Morgan fingerprint density at radius 2 is 2.05 bits per heavy atom. The highest BCUT2D eigenvalue weighted by Gasteiger charge is 2.25. The largest absolute Gasteiger partial charge is 0.477 e. The molecule has 1 rings (SSSR count). The Hall–Kier alpha value is -2.48. The number of aromatic carboxylic acids is 1. The standard InChI is InChI=1S/C13H17N3O5/c1-8(2)15(7-11(14)17)6-9-4-3-5-10(16(20)21)12(9)13(18)19/h3-5,8H,6-7H2,1-2H3,(H2,14,17)(H,18,19). The van der Waals surface area contributed by atoms with Crippen molar-refractivity contribution >= 4 is 17.6 Å². The topological polar surface area (TPSA) is 127 Å². The average molecular weight is 295 g/mol. The number of nitro groups is 1. The molecule has 21 heavy (non-hydrogen) atoms. The second kappa shape index (κ2) is 6.80. The molecule has 0 spiro atoms. The van der Waals surface area contributed by atoms with E-state index in [1.54, 1.807) is 4.90 Å². The lowest BCUT2D eigenvalue weighted by atomic mass is 10.0. The van der Waals surface area contributed by atoms with E-state index in [2.05, 4.69) is 0 Å². The summed E-state index contributed by atoms with van der Waals surface area (Å²) in [7, 11) is 0. The van der Waals surface area contributed by atoms with Crippen LogP contribution in [0.25, 0.3) is 0 Å². The lowest BCUT2D eigenvalue weighted by Crippen LogP contribution is -2.38. The number of carbonyl (C=O) groups is 2. The first-order valence-electron chi connectivity index (χ1n) is 6.26. The molecule has 0 atom stereocenters. The van der Waals surface area contributed by atoms with Gasteiger partial charge in [-0.2, -0.15) is 0 Å². The molecular formula is C13H17N3O5. The van der Waals surface area contributed by atoms with E-state index in [1.807, 2.05) is 13.8 Å². The van der Waals surface area contributed by atoms with Crippen LogP contribution in [-0.2, 0) is 11.3 Å². The number of carboxylic acid groups (broad SMARTS) is 1. The molecule has 0 heterocycles. The predicted octanol–water partition coefficient (Wildman–Crippen LogP) is 0.989. The number of hydrogen-bond acceptors (Lipinski definition) is 5. The van der Waals surface area contributed by atoms with E-state index in [-0.39, 0.29) is 30.3 Å². The Balaban J connectivity index is 3.23. The maximum Gasteiger partial charge on any atom is 0.343 e. The number of amides is 1. The van der Waals surface area contributed by atoms with Crippen molar-refractivity contribution in [1.82, 2.24) is 4.90 Å². The van der Waals surface area contributed by atoms with Crippen LogP contribution in [0.3, 0.4) is 0 Å². The molecule has 0 bridgehead atoms. The normalized spacial score (nSPS) is 10.9. The average Bonchev–Trinajstić information content (AvgIpc) is 2.36. The summed E-state index contributed by atoms with van der Waals surface area (Å²) in [5.74, 6) is -1.92. The summed E-state index contributed by atoms with van der Waals surface area (Å²) in [6.07, 6.45) is 0. The number of carboxylic acids is 1. The van der Waals surface area contributed by atoms with Gasteiger partial charge in [-0.05, 0) is 19.4 Å². The smallest absolute Gasteiger partial charge is 0.343 e. The minimum absolute atomic E-state index is 0.0561. The summed E-state index contributed by atoms with van der Waals surface area (Å²) >= 11 is 0. The fourth-order valence-electron chi connectivity index (χ4n) is 1.96.